The maximum Gasteiger partial charge on any atom is 0.268 e. The summed E-state index contributed by atoms with van der Waals surface area (Å²) in [7, 11) is 0. The molecule has 7 nitrogen and oxygen atoms in total. The molecule has 0 fully saturated rings. The van der Waals surface area contributed by atoms with Gasteiger partial charge in [0.05, 0.1) is 12.8 Å². The largest absolute Gasteiger partial charge is 0.411 e. The Hall–Kier alpha value is -2.41. The lowest BCUT2D eigenvalue weighted by Crippen LogP contribution is -2.23. The van der Waals surface area contributed by atoms with Gasteiger partial charge >= 0.3 is 0 Å². The SMILES string of the molecule is Cc1cccn2c(=O)c(C=NO)c(NCCO)nc12. The van der Waals surface area contributed by atoms with Gasteiger partial charge in [0.1, 0.15) is 17.0 Å². The Labute approximate surface area is 108 Å². The van der Waals surface area contributed by atoms with Crippen molar-refractivity contribution in [3.05, 3.63) is 39.8 Å². The second-order valence-corrected chi connectivity index (χ2v) is 3.96. The molecular formula is C12H14N4O3. The minimum Gasteiger partial charge on any atom is -0.411 e. The molecule has 0 unspecified atom stereocenters. The highest BCUT2D eigenvalue weighted by Crippen LogP contribution is 2.11. The fraction of sp³-hybridized carbons (Fsp3) is 0.250. The molecule has 2 heterocycles. The first-order chi connectivity index (χ1) is 9.19. The average molecular weight is 262 g/mol. The number of aromatic nitrogens is 2. The van der Waals surface area contributed by atoms with E-state index in [1.807, 2.05) is 13.0 Å². The Bertz CT molecular complexity index is 678. The smallest absolute Gasteiger partial charge is 0.268 e. The van der Waals surface area contributed by atoms with Crippen LogP contribution in [0.2, 0.25) is 0 Å². The highest BCUT2D eigenvalue weighted by Gasteiger charge is 2.12. The molecule has 0 saturated heterocycles. The summed E-state index contributed by atoms with van der Waals surface area (Å²) in [4.78, 5) is 16.6. The zero-order valence-electron chi connectivity index (χ0n) is 10.4. The van der Waals surface area contributed by atoms with Crippen LogP contribution < -0.4 is 10.9 Å². The monoisotopic (exact) mass is 262 g/mol. The number of nitrogens with zero attached hydrogens (tertiary/aromatic N) is 3. The highest BCUT2D eigenvalue weighted by atomic mass is 16.4. The molecule has 100 valence electrons. The van der Waals surface area contributed by atoms with E-state index in [2.05, 4.69) is 15.5 Å². The quantitative estimate of drug-likeness (QED) is 0.416. The molecule has 0 aliphatic carbocycles. The number of pyridine rings is 1. The molecule has 2 rings (SSSR count). The molecule has 0 spiro atoms. The van der Waals surface area contributed by atoms with E-state index in [1.54, 1.807) is 12.3 Å². The van der Waals surface area contributed by atoms with E-state index in [4.69, 9.17) is 10.3 Å². The van der Waals surface area contributed by atoms with E-state index in [9.17, 15) is 4.79 Å². The lowest BCUT2D eigenvalue weighted by atomic mass is 10.2. The number of rotatable bonds is 4. The molecular weight excluding hydrogens is 248 g/mol. The van der Waals surface area contributed by atoms with Gasteiger partial charge in [0, 0.05) is 12.7 Å². The van der Waals surface area contributed by atoms with Gasteiger partial charge in [-0.05, 0) is 18.6 Å². The van der Waals surface area contributed by atoms with E-state index >= 15 is 0 Å². The van der Waals surface area contributed by atoms with Crippen molar-refractivity contribution in [2.75, 3.05) is 18.5 Å². The minimum absolute atomic E-state index is 0.0927. The van der Waals surface area contributed by atoms with Gasteiger partial charge in [-0.3, -0.25) is 9.20 Å². The third-order valence-electron chi connectivity index (χ3n) is 2.68. The summed E-state index contributed by atoms with van der Waals surface area (Å²) in [6.07, 6.45) is 2.63. The van der Waals surface area contributed by atoms with Gasteiger partial charge in [-0.1, -0.05) is 11.2 Å². The molecule has 0 aliphatic heterocycles. The number of oxime groups is 1. The standard InChI is InChI=1S/C12H14N4O3/c1-8-3-2-5-16-11(8)15-10(13-4-6-17)9(7-14-19)12(16)18/h2-3,5,7,13,17,19H,4,6H2,1H3. The fourth-order valence-electron chi connectivity index (χ4n) is 1.79. The average Bonchev–Trinajstić information content (AvgIpc) is 2.41. The van der Waals surface area contributed by atoms with Gasteiger partial charge in [0.2, 0.25) is 0 Å². The Morgan fingerprint density at radius 2 is 2.37 bits per heavy atom. The summed E-state index contributed by atoms with van der Waals surface area (Å²) < 4.78 is 1.39. The number of nitrogens with one attached hydrogen (secondary N) is 1. The van der Waals surface area contributed by atoms with Crippen LogP contribution in [0.3, 0.4) is 0 Å². The van der Waals surface area contributed by atoms with Crippen LogP contribution in [0.5, 0.6) is 0 Å². The van der Waals surface area contributed by atoms with Crippen LogP contribution in [-0.4, -0.2) is 39.1 Å². The normalized spacial score (nSPS) is 11.3. The van der Waals surface area contributed by atoms with Crippen LogP contribution in [0.1, 0.15) is 11.1 Å². The summed E-state index contributed by atoms with van der Waals surface area (Å²) in [5.41, 5.74) is 1.16. The van der Waals surface area contributed by atoms with E-state index in [0.29, 0.717) is 5.65 Å². The van der Waals surface area contributed by atoms with E-state index in [1.165, 1.54) is 4.40 Å². The van der Waals surface area contributed by atoms with Crippen LogP contribution in [0.4, 0.5) is 5.82 Å². The number of aliphatic hydroxyl groups excluding tert-OH is 1. The molecule has 0 amide bonds. The predicted molar refractivity (Wildman–Crippen MR) is 71.2 cm³/mol. The van der Waals surface area contributed by atoms with Crippen molar-refractivity contribution in [1.82, 2.24) is 9.38 Å². The van der Waals surface area contributed by atoms with Crippen molar-refractivity contribution in [1.29, 1.82) is 0 Å². The molecule has 3 N–H and O–H groups in total. The second kappa shape index (κ2) is 5.49. The molecule has 0 bridgehead atoms. The van der Waals surface area contributed by atoms with Gasteiger partial charge in [0.15, 0.2) is 0 Å². The fourth-order valence-corrected chi connectivity index (χ4v) is 1.79. The summed E-state index contributed by atoms with van der Waals surface area (Å²) in [5, 5.41) is 23.2. The van der Waals surface area contributed by atoms with E-state index < -0.39 is 0 Å². The molecule has 19 heavy (non-hydrogen) atoms. The molecule has 2 aromatic heterocycles. The lowest BCUT2D eigenvalue weighted by molar-refractivity contribution is 0.311. The van der Waals surface area contributed by atoms with Crippen LogP contribution in [0.25, 0.3) is 5.65 Å². The van der Waals surface area contributed by atoms with Gasteiger partial charge in [-0.15, -0.1) is 0 Å². The molecule has 2 aromatic rings. The Morgan fingerprint density at radius 3 is 3.05 bits per heavy atom. The Balaban J connectivity index is 2.74. The first kappa shape index (κ1) is 13.0. The zero-order chi connectivity index (χ0) is 13.8. The Kier molecular flexibility index (Phi) is 3.76. The van der Waals surface area contributed by atoms with Gasteiger partial charge in [0.25, 0.3) is 5.56 Å². The predicted octanol–water partition coefficient (Wildman–Crippen LogP) is 0.215. The molecule has 0 aromatic carbocycles. The maximum atomic E-state index is 12.3. The molecule has 7 heteroatoms. The second-order valence-electron chi connectivity index (χ2n) is 3.96. The topological polar surface area (TPSA) is 99.2 Å². The number of hydrogen-bond donors (Lipinski definition) is 3. The zero-order valence-corrected chi connectivity index (χ0v) is 10.4. The van der Waals surface area contributed by atoms with Gasteiger partial charge in [-0.25, -0.2) is 4.98 Å². The maximum absolute atomic E-state index is 12.3. The minimum atomic E-state index is -0.341. The molecule has 0 aliphatic rings. The summed E-state index contributed by atoms with van der Waals surface area (Å²) in [5.74, 6) is 0.283. The van der Waals surface area contributed by atoms with E-state index in [-0.39, 0.29) is 30.1 Å². The van der Waals surface area contributed by atoms with Gasteiger partial charge in [-0.2, -0.15) is 0 Å². The number of fused-ring (bicyclic) bond motifs is 1. The van der Waals surface area contributed by atoms with Crippen molar-refractivity contribution in [3.8, 4) is 0 Å². The molecule has 0 saturated carbocycles. The van der Waals surface area contributed by atoms with E-state index in [0.717, 1.165) is 11.8 Å². The summed E-state index contributed by atoms with van der Waals surface area (Å²) in [6, 6.07) is 3.59. The van der Waals surface area contributed by atoms with Crippen molar-refractivity contribution < 1.29 is 10.3 Å². The van der Waals surface area contributed by atoms with Gasteiger partial charge < -0.3 is 15.6 Å². The number of anilines is 1. The highest BCUT2D eigenvalue weighted by molar-refractivity contribution is 5.86. The van der Waals surface area contributed by atoms with Crippen LogP contribution in [-0.2, 0) is 0 Å². The van der Waals surface area contributed by atoms with Crippen LogP contribution in [0, 0.1) is 6.92 Å². The van der Waals surface area contributed by atoms with Crippen molar-refractivity contribution in [3.63, 3.8) is 0 Å². The number of aryl methyl sites for hydroxylation is 1. The Morgan fingerprint density at radius 1 is 1.58 bits per heavy atom. The van der Waals surface area contributed by atoms with Crippen molar-refractivity contribution in [2.24, 2.45) is 5.16 Å². The van der Waals surface area contributed by atoms with Crippen LogP contribution in [0.15, 0.2) is 28.3 Å². The van der Waals surface area contributed by atoms with Crippen molar-refractivity contribution in [2.45, 2.75) is 6.92 Å². The summed E-state index contributed by atoms with van der Waals surface area (Å²) >= 11 is 0. The molecule has 0 atom stereocenters. The number of hydrogen-bond acceptors (Lipinski definition) is 6. The lowest BCUT2D eigenvalue weighted by Gasteiger charge is -2.10. The third-order valence-corrected chi connectivity index (χ3v) is 2.68. The van der Waals surface area contributed by atoms with Crippen molar-refractivity contribution >= 4 is 17.7 Å². The third kappa shape index (κ3) is 2.41. The molecule has 0 radical (unpaired) electrons. The van der Waals surface area contributed by atoms with Crippen LogP contribution >= 0.6 is 0 Å². The number of aliphatic hydroxyl groups is 1. The first-order valence-electron chi connectivity index (χ1n) is 5.73. The summed E-state index contributed by atoms with van der Waals surface area (Å²) in [6.45, 7) is 2.00. The first-order valence-corrected chi connectivity index (χ1v) is 5.73.